The molecule has 1 amide bonds. The number of carboxylic acids is 1. The van der Waals surface area contributed by atoms with Crippen molar-refractivity contribution in [2.75, 3.05) is 5.32 Å². The molecule has 0 aliphatic carbocycles. The van der Waals surface area contributed by atoms with E-state index in [0.717, 1.165) is 0 Å². The van der Waals surface area contributed by atoms with E-state index in [2.05, 4.69) is 4.37 Å². The number of halogens is 3. The van der Waals surface area contributed by atoms with Crippen molar-refractivity contribution in [1.29, 1.82) is 0 Å². The van der Waals surface area contributed by atoms with Gasteiger partial charge < -0.3 is 10.4 Å². The fraction of sp³-hybridized carbons (Fsp3) is 0.444. The van der Waals surface area contributed by atoms with Gasteiger partial charge in [0.25, 0.3) is 0 Å². The lowest BCUT2D eigenvalue weighted by Gasteiger charge is -2.07. The number of aromatic carboxylic acids is 1. The van der Waals surface area contributed by atoms with E-state index in [1.807, 2.05) is 0 Å². The Hall–Kier alpha value is -1.64. The highest BCUT2D eigenvalue weighted by molar-refractivity contribution is 7.11. The van der Waals surface area contributed by atoms with Crippen molar-refractivity contribution in [3.05, 3.63) is 11.3 Å². The van der Waals surface area contributed by atoms with Gasteiger partial charge in [0.15, 0.2) is 0 Å². The molecule has 0 saturated carbocycles. The molecular formula is C9H9F3N2O3S. The Kier molecular flexibility index (Phi) is 3.95. The number of aromatic nitrogens is 1. The molecule has 0 atom stereocenters. The van der Waals surface area contributed by atoms with Gasteiger partial charge in [-0.1, -0.05) is 13.8 Å². The fourth-order valence-corrected chi connectivity index (χ4v) is 2.08. The number of alkyl halides is 3. The standard InChI is InChI=1S/C9H9F3N2O3S/c1-3(2)5-4(7(15)16)6(18-14-5)13-8(17)9(10,11)12/h3H,1-2H3,(H,13,17)(H,15,16). The number of amides is 1. The molecule has 9 heteroatoms. The highest BCUT2D eigenvalue weighted by Crippen LogP contribution is 2.31. The molecule has 0 saturated heterocycles. The summed E-state index contributed by atoms with van der Waals surface area (Å²) in [5.41, 5.74) is -0.252. The van der Waals surface area contributed by atoms with Gasteiger partial charge in [0.2, 0.25) is 0 Å². The van der Waals surface area contributed by atoms with Crippen LogP contribution in [0.3, 0.4) is 0 Å². The van der Waals surface area contributed by atoms with Crippen molar-refractivity contribution >= 4 is 28.4 Å². The first kappa shape index (κ1) is 14.4. The second-order valence-electron chi connectivity index (χ2n) is 3.68. The number of anilines is 1. The molecule has 1 aromatic heterocycles. The van der Waals surface area contributed by atoms with E-state index in [1.54, 1.807) is 13.8 Å². The van der Waals surface area contributed by atoms with Gasteiger partial charge in [0, 0.05) is 0 Å². The second-order valence-corrected chi connectivity index (χ2v) is 4.46. The third-order valence-electron chi connectivity index (χ3n) is 1.96. The minimum absolute atomic E-state index is 0.143. The summed E-state index contributed by atoms with van der Waals surface area (Å²) >= 11 is 0.514. The number of carbonyl (C=O) groups is 2. The molecule has 5 nitrogen and oxygen atoms in total. The molecule has 0 fully saturated rings. The molecule has 0 aromatic carbocycles. The lowest BCUT2D eigenvalue weighted by atomic mass is 10.1. The van der Waals surface area contributed by atoms with Crippen molar-refractivity contribution in [3.63, 3.8) is 0 Å². The van der Waals surface area contributed by atoms with Crippen LogP contribution in [0.4, 0.5) is 18.2 Å². The Morgan fingerprint density at radius 1 is 1.39 bits per heavy atom. The largest absolute Gasteiger partial charge is 0.478 e. The first-order valence-electron chi connectivity index (χ1n) is 4.75. The summed E-state index contributed by atoms with van der Waals surface area (Å²) in [6, 6.07) is 0. The number of carboxylic acid groups (broad SMARTS) is 1. The highest BCUT2D eigenvalue weighted by atomic mass is 32.1. The topological polar surface area (TPSA) is 79.3 Å². The molecule has 100 valence electrons. The predicted octanol–water partition coefficient (Wildman–Crippen LogP) is 2.47. The lowest BCUT2D eigenvalue weighted by molar-refractivity contribution is -0.167. The van der Waals surface area contributed by atoms with Crippen LogP contribution in [-0.4, -0.2) is 27.5 Å². The minimum atomic E-state index is -5.07. The molecular weight excluding hydrogens is 273 g/mol. The Labute approximate surface area is 104 Å². The van der Waals surface area contributed by atoms with Crippen LogP contribution in [-0.2, 0) is 4.79 Å². The van der Waals surface area contributed by atoms with E-state index in [-0.39, 0.29) is 11.6 Å². The van der Waals surface area contributed by atoms with Gasteiger partial charge in [-0.05, 0) is 17.5 Å². The van der Waals surface area contributed by atoms with Crippen molar-refractivity contribution < 1.29 is 27.9 Å². The van der Waals surface area contributed by atoms with E-state index in [9.17, 15) is 22.8 Å². The summed E-state index contributed by atoms with van der Waals surface area (Å²) in [4.78, 5) is 21.7. The maximum atomic E-state index is 12.1. The second kappa shape index (κ2) is 4.92. The van der Waals surface area contributed by atoms with E-state index >= 15 is 0 Å². The van der Waals surface area contributed by atoms with Gasteiger partial charge in [0.05, 0.1) is 5.69 Å². The third-order valence-corrected chi connectivity index (χ3v) is 2.74. The maximum Gasteiger partial charge on any atom is 0.471 e. The summed E-state index contributed by atoms with van der Waals surface area (Å²) in [5.74, 6) is -3.92. The van der Waals surface area contributed by atoms with E-state index in [1.165, 1.54) is 5.32 Å². The van der Waals surface area contributed by atoms with Crippen LogP contribution in [0.15, 0.2) is 0 Å². The number of nitrogens with one attached hydrogen (secondary N) is 1. The quantitative estimate of drug-likeness (QED) is 0.892. The predicted molar refractivity (Wildman–Crippen MR) is 57.8 cm³/mol. The molecule has 18 heavy (non-hydrogen) atoms. The zero-order valence-electron chi connectivity index (χ0n) is 9.33. The van der Waals surface area contributed by atoms with E-state index < -0.39 is 28.6 Å². The summed E-state index contributed by atoms with van der Waals surface area (Å²) in [5, 5.41) is 10.0. The number of hydrogen-bond acceptors (Lipinski definition) is 4. The zero-order chi connectivity index (χ0) is 14.1. The third kappa shape index (κ3) is 2.97. The molecule has 1 aromatic rings. The fourth-order valence-electron chi connectivity index (χ4n) is 1.16. The molecule has 0 aliphatic heterocycles. The van der Waals surface area contributed by atoms with Crippen molar-refractivity contribution in [1.82, 2.24) is 4.37 Å². The summed E-state index contributed by atoms with van der Waals surface area (Å²) in [6.45, 7) is 3.30. The first-order valence-corrected chi connectivity index (χ1v) is 5.53. The van der Waals surface area contributed by atoms with Crippen LogP contribution < -0.4 is 5.32 Å². The van der Waals surface area contributed by atoms with E-state index in [4.69, 9.17) is 5.11 Å². The zero-order valence-corrected chi connectivity index (χ0v) is 10.1. The van der Waals surface area contributed by atoms with Crippen molar-refractivity contribution in [2.24, 2.45) is 0 Å². The van der Waals surface area contributed by atoms with Crippen LogP contribution in [0.1, 0.15) is 35.8 Å². The summed E-state index contributed by atoms with van der Waals surface area (Å²) in [6.07, 6.45) is -5.07. The molecule has 0 unspecified atom stereocenters. The molecule has 1 rings (SSSR count). The molecule has 0 spiro atoms. The maximum absolute atomic E-state index is 12.1. The Balaban J connectivity index is 3.11. The van der Waals surface area contributed by atoms with Crippen LogP contribution >= 0.6 is 11.5 Å². The van der Waals surface area contributed by atoms with Gasteiger partial charge in [-0.3, -0.25) is 4.79 Å². The van der Waals surface area contributed by atoms with Gasteiger partial charge >= 0.3 is 18.1 Å². The average molecular weight is 282 g/mol. The molecule has 0 radical (unpaired) electrons. The van der Waals surface area contributed by atoms with Gasteiger partial charge in [-0.15, -0.1) is 0 Å². The van der Waals surface area contributed by atoms with Gasteiger partial charge in [-0.25, -0.2) is 4.79 Å². The van der Waals surface area contributed by atoms with Crippen LogP contribution in [0.25, 0.3) is 0 Å². The van der Waals surface area contributed by atoms with Crippen LogP contribution in [0.5, 0.6) is 0 Å². The van der Waals surface area contributed by atoms with Crippen LogP contribution in [0.2, 0.25) is 0 Å². The van der Waals surface area contributed by atoms with Crippen molar-refractivity contribution in [3.8, 4) is 0 Å². The Morgan fingerprint density at radius 3 is 2.33 bits per heavy atom. The molecule has 1 heterocycles. The average Bonchev–Trinajstić information content (AvgIpc) is 2.59. The minimum Gasteiger partial charge on any atom is -0.478 e. The first-order chi connectivity index (χ1) is 8.14. The smallest absolute Gasteiger partial charge is 0.471 e. The summed E-state index contributed by atoms with van der Waals surface area (Å²) in [7, 11) is 0. The molecule has 2 N–H and O–H groups in total. The van der Waals surface area contributed by atoms with Crippen molar-refractivity contribution in [2.45, 2.75) is 25.9 Å². The number of hydrogen-bond donors (Lipinski definition) is 2. The Bertz CT molecular complexity index is 482. The van der Waals surface area contributed by atoms with E-state index in [0.29, 0.717) is 11.5 Å². The summed E-state index contributed by atoms with van der Waals surface area (Å²) < 4.78 is 39.9. The van der Waals surface area contributed by atoms with Gasteiger partial charge in [0.1, 0.15) is 10.6 Å². The highest BCUT2D eigenvalue weighted by Gasteiger charge is 2.40. The Morgan fingerprint density at radius 2 is 1.94 bits per heavy atom. The number of carbonyl (C=O) groups excluding carboxylic acids is 1. The van der Waals surface area contributed by atoms with Gasteiger partial charge in [-0.2, -0.15) is 17.5 Å². The lowest BCUT2D eigenvalue weighted by Crippen LogP contribution is -2.30. The normalized spacial score (nSPS) is 11.7. The number of rotatable bonds is 3. The number of nitrogens with zero attached hydrogens (tertiary/aromatic N) is 1. The monoisotopic (exact) mass is 282 g/mol. The molecule has 0 aliphatic rings. The molecule has 0 bridgehead atoms. The SMILES string of the molecule is CC(C)c1nsc(NC(=O)C(F)(F)F)c1C(=O)O. The van der Waals surface area contributed by atoms with Crippen LogP contribution in [0, 0.1) is 0 Å².